The number of nitrogens with zero attached hydrogens (tertiary/aromatic N) is 3. The zero-order valence-corrected chi connectivity index (χ0v) is 23.8. The number of sulfonamides is 1. The summed E-state index contributed by atoms with van der Waals surface area (Å²) in [4.78, 5) is 12.2. The minimum absolute atomic E-state index is 0.0822. The van der Waals surface area contributed by atoms with E-state index in [4.69, 9.17) is 14.2 Å². The molecule has 0 saturated heterocycles. The molecule has 0 atom stereocenters. The Morgan fingerprint density at radius 2 is 1.60 bits per heavy atom. The Labute approximate surface area is 235 Å². The summed E-state index contributed by atoms with van der Waals surface area (Å²) in [5, 5.41) is 4.24. The van der Waals surface area contributed by atoms with E-state index in [2.05, 4.69) is 5.10 Å². The second-order valence-corrected chi connectivity index (χ2v) is 12.0. The predicted molar refractivity (Wildman–Crippen MR) is 151 cm³/mol. The Hall–Kier alpha value is -4.15. The predicted octanol–water partition coefficient (Wildman–Crippen LogP) is 4.99. The standard InChI is InChI=1S/C30H33N3O6S/c1-30(2,3)39-29(34)22-38-27-8-5-7-24(19-27)21-32(40(35,36)28-15-13-26(37-4)14-16-28)20-23-9-11-25(12-10-23)33-18-6-17-31-33/h5-19H,20-22H2,1-4H3. The summed E-state index contributed by atoms with van der Waals surface area (Å²) >= 11 is 0. The van der Waals surface area contributed by atoms with Gasteiger partial charge in [0.15, 0.2) is 6.61 Å². The van der Waals surface area contributed by atoms with Gasteiger partial charge in [0.05, 0.1) is 17.7 Å². The van der Waals surface area contributed by atoms with Crippen LogP contribution in [-0.2, 0) is 32.6 Å². The average molecular weight is 564 g/mol. The van der Waals surface area contributed by atoms with Crippen molar-refractivity contribution in [3.8, 4) is 17.2 Å². The molecular formula is C30H33N3O6S. The highest BCUT2D eigenvalue weighted by atomic mass is 32.2. The van der Waals surface area contributed by atoms with Crippen molar-refractivity contribution in [3.05, 3.63) is 102 Å². The zero-order valence-electron chi connectivity index (χ0n) is 23.0. The quantitative estimate of drug-likeness (QED) is 0.237. The van der Waals surface area contributed by atoms with Gasteiger partial charge >= 0.3 is 5.97 Å². The fourth-order valence-electron chi connectivity index (χ4n) is 3.95. The summed E-state index contributed by atoms with van der Waals surface area (Å²) in [5.41, 5.74) is 1.76. The third-order valence-electron chi connectivity index (χ3n) is 5.80. The van der Waals surface area contributed by atoms with E-state index in [1.807, 2.05) is 42.6 Å². The van der Waals surface area contributed by atoms with Gasteiger partial charge in [0.2, 0.25) is 10.0 Å². The molecule has 0 saturated carbocycles. The van der Waals surface area contributed by atoms with Gasteiger partial charge < -0.3 is 14.2 Å². The Morgan fingerprint density at radius 1 is 0.900 bits per heavy atom. The van der Waals surface area contributed by atoms with Crippen LogP contribution in [0.5, 0.6) is 11.5 Å². The van der Waals surface area contributed by atoms with E-state index in [-0.39, 0.29) is 24.6 Å². The molecule has 0 bridgehead atoms. The lowest BCUT2D eigenvalue weighted by molar-refractivity contribution is -0.157. The number of rotatable bonds is 11. The van der Waals surface area contributed by atoms with Crippen molar-refractivity contribution in [1.82, 2.24) is 14.1 Å². The van der Waals surface area contributed by atoms with Crippen LogP contribution in [0.3, 0.4) is 0 Å². The van der Waals surface area contributed by atoms with E-state index in [1.54, 1.807) is 62.0 Å². The second kappa shape index (κ2) is 12.4. The molecular weight excluding hydrogens is 530 g/mol. The maximum atomic E-state index is 13.8. The lowest BCUT2D eigenvalue weighted by atomic mass is 10.2. The fourth-order valence-corrected chi connectivity index (χ4v) is 5.37. The largest absolute Gasteiger partial charge is 0.497 e. The summed E-state index contributed by atoms with van der Waals surface area (Å²) in [6.07, 6.45) is 3.54. The number of ether oxygens (including phenoxy) is 3. The minimum Gasteiger partial charge on any atom is -0.497 e. The number of carbonyl (C=O) groups is 1. The normalized spacial score (nSPS) is 11.8. The number of aromatic nitrogens is 2. The number of carbonyl (C=O) groups excluding carboxylic acids is 1. The molecule has 210 valence electrons. The van der Waals surface area contributed by atoms with Crippen molar-refractivity contribution in [3.63, 3.8) is 0 Å². The van der Waals surface area contributed by atoms with E-state index in [9.17, 15) is 13.2 Å². The third kappa shape index (κ3) is 7.71. The molecule has 4 aromatic rings. The Balaban J connectivity index is 1.57. The first-order valence-corrected chi connectivity index (χ1v) is 14.1. The molecule has 1 aromatic heterocycles. The Morgan fingerprint density at radius 3 is 2.23 bits per heavy atom. The number of esters is 1. The topological polar surface area (TPSA) is 100.0 Å². The van der Waals surface area contributed by atoms with Crippen molar-refractivity contribution in [2.75, 3.05) is 13.7 Å². The number of hydrogen-bond donors (Lipinski definition) is 0. The van der Waals surface area contributed by atoms with E-state index in [0.29, 0.717) is 17.1 Å². The van der Waals surface area contributed by atoms with Crippen LogP contribution in [-0.4, -0.2) is 47.8 Å². The van der Waals surface area contributed by atoms with Crippen LogP contribution < -0.4 is 9.47 Å². The number of methoxy groups -OCH3 is 1. The first kappa shape index (κ1) is 28.8. The van der Waals surface area contributed by atoms with Gasteiger partial charge in [-0.15, -0.1) is 0 Å². The monoisotopic (exact) mass is 563 g/mol. The molecule has 0 unspecified atom stereocenters. The maximum absolute atomic E-state index is 13.8. The number of hydrogen-bond acceptors (Lipinski definition) is 7. The summed E-state index contributed by atoms with van der Waals surface area (Å²) < 4.78 is 46.9. The molecule has 40 heavy (non-hydrogen) atoms. The molecule has 10 heteroatoms. The van der Waals surface area contributed by atoms with Gasteiger partial charge in [-0.25, -0.2) is 17.9 Å². The van der Waals surface area contributed by atoms with Crippen LogP contribution in [0.15, 0.2) is 96.2 Å². The van der Waals surface area contributed by atoms with Crippen LogP contribution in [0, 0.1) is 0 Å². The van der Waals surface area contributed by atoms with Gasteiger partial charge in [0, 0.05) is 25.5 Å². The number of benzene rings is 3. The van der Waals surface area contributed by atoms with Gasteiger partial charge in [-0.1, -0.05) is 24.3 Å². The molecule has 0 aliphatic heterocycles. The van der Waals surface area contributed by atoms with Crippen molar-refractivity contribution in [2.45, 2.75) is 44.4 Å². The summed E-state index contributed by atoms with van der Waals surface area (Å²) in [6, 6.07) is 22.7. The van der Waals surface area contributed by atoms with Gasteiger partial charge in [0.1, 0.15) is 17.1 Å². The van der Waals surface area contributed by atoms with Crippen LogP contribution in [0.2, 0.25) is 0 Å². The molecule has 9 nitrogen and oxygen atoms in total. The van der Waals surface area contributed by atoms with Crippen molar-refractivity contribution in [2.24, 2.45) is 0 Å². The highest BCUT2D eigenvalue weighted by Gasteiger charge is 2.25. The molecule has 0 aliphatic carbocycles. The summed E-state index contributed by atoms with van der Waals surface area (Å²) in [6.45, 7) is 5.32. The van der Waals surface area contributed by atoms with E-state index in [0.717, 1.165) is 11.3 Å². The smallest absolute Gasteiger partial charge is 0.344 e. The minimum atomic E-state index is -3.89. The molecule has 4 rings (SSSR count). The highest BCUT2D eigenvalue weighted by Crippen LogP contribution is 2.25. The lowest BCUT2D eigenvalue weighted by Crippen LogP contribution is -2.30. The van der Waals surface area contributed by atoms with E-state index in [1.165, 1.54) is 23.5 Å². The van der Waals surface area contributed by atoms with Crippen molar-refractivity contribution >= 4 is 16.0 Å². The molecule has 0 aliphatic rings. The first-order chi connectivity index (χ1) is 19.0. The third-order valence-corrected chi connectivity index (χ3v) is 7.60. The van der Waals surface area contributed by atoms with Gasteiger partial charge in [-0.05, 0) is 86.5 Å². The summed E-state index contributed by atoms with van der Waals surface area (Å²) in [5.74, 6) is 0.517. The van der Waals surface area contributed by atoms with Crippen molar-refractivity contribution in [1.29, 1.82) is 0 Å². The molecule has 1 heterocycles. The van der Waals surface area contributed by atoms with Crippen LogP contribution in [0.1, 0.15) is 31.9 Å². The average Bonchev–Trinajstić information content (AvgIpc) is 3.46. The van der Waals surface area contributed by atoms with Gasteiger partial charge in [-0.2, -0.15) is 9.40 Å². The molecule has 0 fully saturated rings. The van der Waals surface area contributed by atoms with E-state index < -0.39 is 21.6 Å². The molecule has 3 aromatic carbocycles. The second-order valence-electron chi connectivity index (χ2n) is 10.1. The molecule has 0 spiro atoms. The molecule has 0 amide bonds. The van der Waals surface area contributed by atoms with Gasteiger partial charge in [0.25, 0.3) is 0 Å². The SMILES string of the molecule is COc1ccc(S(=O)(=O)N(Cc2ccc(-n3cccn3)cc2)Cc2cccc(OCC(=O)OC(C)(C)C)c2)cc1. The van der Waals surface area contributed by atoms with Crippen LogP contribution in [0.25, 0.3) is 5.69 Å². The van der Waals surface area contributed by atoms with Gasteiger partial charge in [-0.3, -0.25) is 0 Å². The van der Waals surface area contributed by atoms with Crippen molar-refractivity contribution < 1.29 is 27.4 Å². The zero-order chi connectivity index (χ0) is 28.8. The maximum Gasteiger partial charge on any atom is 0.344 e. The Bertz CT molecular complexity index is 1510. The fraction of sp³-hybridized carbons (Fsp3) is 0.267. The lowest BCUT2D eigenvalue weighted by Gasteiger charge is -2.23. The summed E-state index contributed by atoms with van der Waals surface area (Å²) in [7, 11) is -2.36. The van der Waals surface area contributed by atoms with Crippen LogP contribution >= 0.6 is 0 Å². The molecule has 0 radical (unpaired) electrons. The van der Waals surface area contributed by atoms with E-state index >= 15 is 0 Å². The van der Waals surface area contributed by atoms with Crippen LogP contribution in [0.4, 0.5) is 0 Å². The Kier molecular flexibility index (Phi) is 8.91. The first-order valence-electron chi connectivity index (χ1n) is 12.7. The molecule has 0 N–H and O–H groups in total. The highest BCUT2D eigenvalue weighted by molar-refractivity contribution is 7.89.